The Bertz CT molecular complexity index is 1100. The molecule has 7 heteroatoms. The highest BCUT2D eigenvalue weighted by Crippen LogP contribution is 2.34. The third kappa shape index (κ3) is 5.49. The summed E-state index contributed by atoms with van der Waals surface area (Å²) < 4.78 is 10.8. The molecule has 0 aliphatic carbocycles. The molecule has 3 aromatic carbocycles. The second-order valence-corrected chi connectivity index (χ2v) is 8.25. The summed E-state index contributed by atoms with van der Waals surface area (Å²) in [6, 6.07) is 26.4. The number of hydrogen-bond acceptors (Lipinski definition) is 4. The Kier molecular flexibility index (Phi) is 7.32. The largest absolute Gasteiger partial charge is 0.495 e. The van der Waals surface area contributed by atoms with Crippen LogP contribution in [-0.4, -0.2) is 37.2 Å². The average molecular weight is 460 g/mol. The molecule has 176 valence electrons. The van der Waals surface area contributed by atoms with E-state index in [0.717, 1.165) is 11.1 Å². The van der Waals surface area contributed by atoms with Crippen molar-refractivity contribution < 1.29 is 19.1 Å². The number of hydrogen-bond donors (Lipinski definition) is 2. The highest BCUT2D eigenvalue weighted by atomic mass is 16.6. The molecule has 3 aromatic rings. The minimum atomic E-state index is -0.608. The lowest BCUT2D eigenvalue weighted by Gasteiger charge is -2.42. The summed E-state index contributed by atoms with van der Waals surface area (Å²) in [4.78, 5) is 27.4. The van der Waals surface area contributed by atoms with Gasteiger partial charge >= 0.3 is 12.1 Å². The molecule has 3 amide bonds. The van der Waals surface area contributed by atoms with Crippen molar-refractivity contribution in [2.24, 2.45) is 0 Å². The van der Waals surface area contributed by atoms with Gasteiger partial charge in [0.1, 0.15) is 12.4 Å². The molecule has 0 unspecified atom stereocenters. The van der Waals surface area contributed by atoms with Gasteiger partial charge in [0, 0.05) is 13.1 Å². The van der Waals surface area contributed by atoms with Crippen molar-refractivity contribution in [3.8, 4) is 5.75 Å². The summed E-state index contributed by atoms with van der Waals surface area (Å²) in [5.41, 5.74) is 1.93. The molecule has 1 heterocycles. The van der Waals surface area contributed by atoms with Crippen LogP contribution in [0.3, 0.4) is 0 Å². The average Bonchev–Trinajstić information content (AvgIpc) is 2.89. The number of carbonyl (C=O) groups is 2. The number of rotatable bonds is 6. The molecule has 7 nitrogen and oxygen atoms in total. The first-order valence-electron chi connectivity index (χ1n) is 11.3. The molecule has 34 heavy (non-hydrogen) atoms. The van der Waals surface area contributed by atoms with Crippen molar-refractivity contribution in [1.29, 1.82) is 0 Å². The Morgan fingerprint density at radius 2 is 1.50 bits per heavy atom. The van der Waals surface area contributed by atoms with Gasteiger partial charge in [-0.3, -0.25) is 0 Å². The van der Waals surface area contributed by atoms with Gasteiger partial charge in [-0.25, -0.2) is 9.59 Å². The van der Waals surface area contributed by atoms with Crippen LogP contribution in [0.4, 0.5) is 15.3 Å². The number of carbonyl (C=O) groups excluding carboxylic acids is 2. The van der Waals surface area contributed by atoms with E-state index in [1.54, 1.807) is 24.1 Å². The lowest BCUT2D eigenvalue weighted by Crippen LogP contribution is -2.55. The van der Waals surface area contributed by atoms with E-state index >= 15 is 0 Å². The maximum absolute atomic E-state index is 13.0. The van der Waals surface area contributed by atoms with Crippen LogP contribution in [0.5, 0.6) is 5.75 Å². The number of benzene rings is 3. The number of ether oxygens (including phenoxy) is 2. The van der Waals surface area contributed by atoms with Crippen molar-refractivity contribution in [2.45, 2.75) is 25.0 Å². The maximum Gasteiger partial charge on any atom is 0.410 e. The van der Waals surface area contributed by atoms with Crippen LogP contribution in [0.2, 0.25) is 0 Å². The SMILES string of the molecule is COc1ccccc1NC(=O)NC1(c2ccccc2)CCN(C(=O)OCc2ccccc2)CC1. The summed E-state index contributed by atoms with van der Waals surface area (Å²) in [6.45, 7) is 1.18. The fourth-order valence-corrected chi connectivity index (χ4v) is 4.24. The molecule has 1 fully saturated rings. The zero-order valence-electron chi connectivity index (χ0n) is 19.2. The van der Waals surface area contributed by atoms with E-state index in [-0.39, 0.29) is 18.7 Å². The van der Waals surface area contributed by atoms with E-state index < -0.39 is 5.54 Å². The minimum absolute atomic E-state index is 0.236. The first-order chi connectivity index (χ1) is 16.6. The normalized spacial score (nSPS) is 14.7. The molecule has 0 spiro atoms. The molecule has 1 aliphatic rings. The van der Waals surface area contributed by atoms with Gasteiger partial charge in [0.15, 0.2) is 0 Å². The number of para-hydroxylation sites is 2. The molecule has 0 atom stereocenters. The lowest BCUT2D eigenvalue weighted by atomic mass is 9.81. The molecule has 4 rings (SSSR count). The summed E-state index contributed by atoms with van der Waals surface area (Å²) in [6.07, 6.45) is 0.789. The van der Waals surface area contributed by atoms with E-state index in [0.29, 0.717) is 37.4 Å². The quantitative estimate of drug-likeness (QED) is 0.535. The molecule has 2 N–H and O–H groups in total. The zero-order valence-corrected chi connectivity index (χ0v) is 19.2. The standard InChI is InChI=1S/C27H29N3O4/c1-33-24-15-9-8-14-23(24)28-25(31)29-27(22-12-6-3-7-13-22)16-18-30(19-17-27)26(32)34-20-21-10-4-2-5-11-21/h2-15H,16-20H2,1H3,(H2,28,29,31). The number of nitrogens with zero attached hydrogens (tertiary/aromatic N) is 1. The number of likely N-dealkylation sites (tertiary alicyclic amines) is 1. The number of nitrogens with one attached hydrogen (secondary N) is 2. The smallest absolute Gasteiger partial charge is 0.410 e. The topological polar surface area (TPSA) is 79.9 Å². The second-order valence-electron chi connectivity index (χ2n) is 8.25. The minimum Gasteiger partial charge on any atom is -0.495 e. The third-order valence-corrected chi connectivity index (χ3v) is 6.11. The van der Waals surface area contributed by atoms with Crippen molar-refractivity contribution in [3.63, 3.8) is 0 Å². The number of anilines is 1. The summed E-state index contributed by atoms with van der Waals surface area (Å²) in [7, 11) is 1.57. The monoisotopic (exact) mass is 459 g/mol. The van der Waals surface area contributed by atoms with Gasteiger partial charge in [-0.2, -0.15) is 0 Å². The van der Waals surface area contributed by atoms with Gasteiger partial charge in [-0.15, -0.1) is 0 Å². The van der Waals surface area contributed by atoms with Crippen molar-refractivity contribution >= 4 is 17.8 Å². The van der Waals surface area contributed by atoms with Crippen LogP contribution in [0.25, 0.3) is 0 Å². The van der Waals surface area contributed by atoms with Gasteiger partial charge in [0.2, 0.25) is 0 Å². The van der Waals surface area contributed by atoms with Gasteiger partial charge in [-0.05, 0) is 36.1 Å². The third-order valence-electron chi connectivity index (χ3n) is 6.11. The van der Waals surface area contributed by atoms with E-state index in [1.807, 2.05) is 72.8 Å². The molecule has 1 aliphatic heterocycles. The Hall–Kier alpha value is -4.00. The zero-order chi connectivity index (χ0) is 23.8. The highest BCUT2D eigenvalue weighted by Gasteiger charge is 2.39. The van der Waals surface area contributed by atoms with E-state index in [4.69, 9.17) is 9.47 Å². The summed E-state index contributed by atoms with van der Waals surface area (Å²) in [5.74, 6) is 0.586. The summed E-state index contributed by atoms with van der Waals surface area (Å²) >= 11 is 0. The van der Waals surface area contributed by atoms with Gasteiger partial charge in [-0.1, -0.05) is 72.8 Å². The van der Waals surface area contributed by atoms with Crippen LogP contribution in [0, 0.1) is 0 Å². The lowest BCUT2D eigenvalue weighted by molar-refractivity contribution is 0.0738. The fourth-order valence-electron chi connectivity index (χ4n) is 4.24. The van der Waals surface area contributed by atoms with E-state index in [1.165, 1.54) is 0 Å². The van der Waals surface area contributed by atoms with Crippen LogP contribution in [0.15, 0.2) is 84.9 Å². The second kappa shape index (κ2) is 10.7. The molecular formula is C27H29N3O4. The molecule has 0 bridgehead atoms. The predicted molar refractivity (Wildman–Crippen MR) is 131 cm³/mol. The molecule has 0 radical (unpaired) electrons. The number of urea groups is 1. The van der Waals surface area contributed by atoms with Crippen LogP contribution < -0.4 is 15.4 Å². The maximum atomic E-state index is 13.0. The van der Waals surface area contributed by atoms with Gasteiger partial charge in [0.25, 0.3) is 0 Å². The molecule has 1 saturated heterocycles. The van der Waals surface area contributed by atoms with Crippen LogP contribution in [0.1, 0.15) is 24.0 Å². The van der Waals surface area contributed by atoms with Gasteiger partial charge in [0.05, 0.1) is 18.3 Å². The van der Waals surface area contributed by atoms with Crippen molar-refractivity contribution in [1.82, 2.24) is 10.2 Å². The fraction of sp³-hybridized carbons (Fsp3) is 0.259. The van der Waals surface area contributed by atoms with Crippen molar-refractivity contribution in [3.05, 3.63) is 96.1 Å². The molecular weight excluding hydrogens is 430 g/mol. The molecule has 0 saturated carbocycles. The van der Waals surface area contributed by atoms with Gasteiger partial charge < -0.3 is 25.0 Å². The number of methoxy groups -OCH3 is 1. The number of amides is 3. The first kappa shape index (κ1) is 23.2. The Morgan fingerprint density at radius 3 is 2.18 bits per heavy atom. The van der Waals surface area contributed by atoms with Crippen LogP contribution in [-0.2, 0) is 16.9 Å². The number of piperidine rings is 1. The van der Waals surface area contributed by atoms with Crippen LogP contribution >= 0.6 is 0 Å². The van der Waals surface area contributed by atoms with E-state index in [2.05, 4.69) is 10.6 Å². The molecule has 0 aromatic heterocycles. The Labute approximate surface area is 199 Å². The Balaban J connectivity index is 1.43. The van der Waals surface area contributed by atoms with Crippen molar-refractivity contribution in [2.75, 3.05) is 25.5 Å². The first-order valence-corrected chi connectivity index (χ1v) is 11.3. The van der Waals surface area contributed by atoms with E-state index in [9.17, 15) is 9.59 Å². The summed E-state index contributed by atoms with van der Waals surface area (Å²) in [5, 5.41) is 6.08. The Morgan fingerprint density at radius 1 is 0.882 bits per heavy atom. The highest BCUT2D eigenvalue weighted by molar-refractivity contribution is 5.91. The predicted octanol–water partition coefficient (Wildman–Crippen LogP) is 5.14.